The molecule has 1 aromatic carbocycles. The Labute approximate surface area is 156 Å². The largest absolute Gasteiger partial charge is 0.322 e. The van der Waals surface area contributed by atoms with Crippen molar-refractivity contribution in [1.82, 2.24) is 20.9 Å². The summed E-state index contributed by atoms with van der Waals surface area (Å²) in [6.07, 6.45) is 0.337. The van der Waals surface area contributed by atoms with Crippen molar-refractivity contribution in [3.8, 4) is 0 Å². The minimum absolute atomic E-state index is 0.123. The van der Waals surface area contributed by atoms with E-state index in [0.29, 0.717) is 44.6 Å². The third-order valence-electron chi connectivity index (χ3n) is 5.55. The van der Waals surface area contributed by atoms with Gasteiger partial charge >= 0.3 is 0 Å². The van der Waals surface area contributed by atoms with Gasteiger partial charge in [-0.3, -0.25) is 19.7 Å². The molecule has 1 aromatic rings. The highest BCUT2D eigenvalue weighted by molar-refractivity contribution is 6.05. The smallest absolute Gasteiger partial charge is 0.255 e. The van der Waals surface area contributed by atoms with Gasteiger partial charge in [-0.05, 0) is 30.0 Å². The molecule has 0 radical (unpaired) electrons. The number of alkyl halides is 1. The number of fused-ring (bicyclic) bond motifs is 1. The Hall–Kier alpha value is -2.32. The number of carbonyl (C=O) groups excluding carboxylic acids is 3. The number of amides is 3. The van der Waals surface area contributed by atoms with Crippen molar-refractivity contribution < 1.29 is 18.8 Å². The molecule has 3 atom stereocenters. The third kappa shape index (κ3) is 3.59. The highest BCUT2D eigenvalue weighted by Gasteiger charge is 2.39. The average Bonchev–Trinajstić information content (AvgIpc) is 3.19. The second kappa shape index (κ2) is 7.36. The first-order valence-electron chi connectivity index (χ1n) is 9.36. The Bertz CT molecular complexity index is 784. The van der Waals surface area contributed by atoms with Gasteiger partial charge in [0.1, 0.15) is 12.2 Å². The minimum Gasteiger partial charge on any atom is -0.322 e. The second-order valence-corrected chi connectivity index (χ2v) is 7.41. The fourth-order valence-corrected chi connectivity index (χ4v) is 4.12. The van der Waals surface area contributed by atoms with Crippen LogP contribution in [0.5, 0.6) is 0 Å². The normalized spacial score (nSPS) is 27.8. The Morgan fingerprint density at radius 3 is 2.85 bits per heavy atom. The van der Waals surface area contributed by atoms with E-state index in [9.17, 15) is 18.8 Å². The number of hydrogen-bond donors (Lipinski definition) is 3. The van der Waals surface area contributed by atoms with E-state index in [1.165, 1.54) is 0 Å². The van der Waals surface area contributed by atoms with Crippen LogP contribution < -0.4 is 16.0 Å². The van der Waals surface area contributed by atoms with Crippen LogP contribution in [0.1, 0.15) is 40.7 Å². The van der Waals surface area contributed by atoms with Gasteiger partial charge in [0.2, 0.25) is 11.8 Å². The van der Waals surface area contributed by atoms with Gasteiger partial charge in [-0.15, -0.1) is 0 Å². The van der Waals surface area contributed by atoms with Crippen LogP contribution in [0.15, 0.2) is 18.2 Å². The van der Waals surface area contributed by atoms with Crippen LogP contribution in [0.2, 0.25) is 0 Å². The van der Waals surface area contributed by atoms with Crippen LogP contribution in [-0.4, -0.2) is 54.0 Å². The molecule has 3 amide bonds. The molecule has 3 N–H and O–H groups in total. The van der Waals surface area contributed by atoms with Crippen molar-refractivity contribution in [3.63, 3.8) is 0 Å². The Kier molecular flexibility index (Phi) is 4.92. The van der Waals surface area contributed by atoms with Crippen LogP contribution in [-0.2, 0) is 22.7 Å². The van der Waals surface area contributed by atoms with Gasteiger partial charge in [-0.2, -0.15) is 0 Å². The van der Waals surface area contributed by atoms with E-state index in [0.717, 1.165) is 11.1 Å². The van der Waals surface area contributed by atoms with Crippen LogP contribution in [0.4, 0.5) is 4.39 Å². The summed E-state index contributed by atoms with van der Waals surface area (Å²) >= 11 is 0. The quantitative estimate of drug-likeness (QED) is 0.643. The van der Waals surface area contributed by atoms with Gasteiger partial charge in [0, 0.05) is 44.2 Å². The van der Waals surface area contributed by atoms with E-state index in [2.05, 4.69) is 16.0 Å². The molecule has 0 spiro atoms. The number of imide groups is 1. The number of hydrogen-bond acceptors (Lipinski definition) is 5. The third-order valence-corrected chi connectivity index (χ3v) is 5.55. The zero-order valence-corrected chi connectivity index (χ0v) is 15.0. The first-order chi connectivity index (χ1) is 13.0. The highest BCUT2D eigenvalue weighted by Crippen LogP contribution is 2.29. The first kappa shape index (κ1) is 18.1. The monoisotopic (exact) mass is 374 g/mol. The molecule has 1 unspecified atom stereocenters. The zero-order valence-electron chi connectivity index (χ0n) is 15.0. The molecule has 0 saturated carbocycles. The molecule has 2 saturated heterocycles. The second-order valence-electron chi connectivity index (χ2n) is 7.41. The number of rotatable bonds is 5. The lowest BCUT2D eigenvalue weighted by Gasteiger charge is -2.29. The molecule has 3 aliphatic rings. The van der Waals surface area contributed by atoms with Gasteiger partial charge < -0.3 is 15.5 Å². The lowest BCUT2D eigenvalue weighted by Crippen LogP contribution is -2.52. The highest BCUT2D eigenvalue weighted by atomic mass is 19.1. The topological polar surface area (TPSA) is 90.5 Å². The van der Waals surface area contributed by atoms with Crippen molar-refractivity contribution in [1.29, 1.82) is 0 Å². The fraction of sp³-hybridized carbons (Fsp3) is 0.526. The molecular formula is C19H23FN4O3. The summed E-state index contributed by atoms with van der Waals surface area (Å²) in [7, 11) is 0. The molecule has 0 bridgehead atoms. The summed E-state index contributed by atoms with van der Waals surface area (Å²) < 4.78 is 13.2. The van der Waals surface area contributed by atoms with Crippen LogP contribution in [0, 0.1) is 0 Å². The summed E-state index contributed by atoms with van der Waals surface area (Å²) in [5.41, 5.74) is 2.54. The van der Waals surface area contributed by atoms with E-state index < -0.39 is 18.1 Å². The zero-order chi connectivity index (χ0) is 19.0. The summed E-state index contributed by atoms with van der Waals surface area (Å²) in [5, 5.41) is 8.79. The first-order valence-corrected chi connectivity index (χ1v) is 9.36. The van der Waals surface area contributed by atoms with Gasteiger partial charge in [-0.25, -0.2) is 4.39 Å². The number of nitrogens with one attached hydrogen (secondary N) is 3. The Morgan fingerprint density at radius 1 is 1.26 bits per heavy atom. The van der Waals surface area contributed by atoms with E-state index in [-0.39, 0.29) is 24.3 Å². The van der Waals surface area contributed by atoms with Crippen molar-refractivity contribution in [2.45, 2.75) is 50.6 Å². The molecule has 3 heterocycles. The fourth-order valence-electron chi connectivity index (χ4n) is 4.12. The van der Waals surface area contributed by atoms with Gasteiger partial charge in [0.05, 0.1) is 0 Å². The minimum atomic E-state index is -0.780. The number of piperidine rings is 1. The molecule has 0 aromatic heterocycles. The molecule has 3 aliphatic heterocycles. The van der Waals surface area contributed by atoms with E-state index in [4.69, 9.17) is 0 Å². The van der Waals surface area contributed by atoms with Crippen LogP contribution >= 0.6 is 0 Å². The van der Waals surface area contributed by atoms with Crippen LogP contribution in [0.25, 0.3) is 0 Å². The van der Waals surface area contributed by atoms with Gasteiger partial charge in [0.15, 0.2) is 0 Å². The van der Waals surface area contributed by atoms with Crippen LogP contribution in [0.3, 0.4) is 0 Å². The maximum atomic E-state index is 13.2. The predicted molar refractivity (Wildman–Crippen MR) is 95.5 cm³/mol. The maximum Gasteiger partial charge on any atom is 0.255 e. The molecule has 2 fully saturated rings. The SMILES string of the molecule is O=C1CCC(N2Cc3c(CNC[C@@H]4C[C@@H](F)CN4)cccc3C2=O)C(=O)N1. The molecule has 0 aliphatic carbocycles. The molecule has 7 nitrogen and oxygen atoms in total. The molecule has 4 rings (SSSR count). The standard InChI is InChI=1S/C19H23FN4O3/c20-12-6-13(22-8-12)9-21-7-11-2-1-3-14-15(11)10-24(19(14)27)16-4-5-17(25)23-18(16)26/h1-3,12-13,16,21-22H,4-10H2,(H,23,25,26)/t12-,13+,16?/m1/s1. The van der Waals surface area contributed by atoms with Crippen molar-refractivity contribution >= 4 is 17.7 Å². The van der Waals surface area contributed by atoms with Crippen molar-refractivity contribution in [3.05, 3.63) is 34.9 Å². The lowest BCUT2D eigenvalue weighted by molar-refractivity contribution is -0.136. The van der Waals surface area contributed by atoms with Gasteiger partial charge in [-0.1, -0.05) is 12.1 Å². The maximum absolute atomic E-state index is 13.2. The molecule has 27 heavy (non-hydrogen) atoms. The number of nitrogens with zero attached hydrogens (tertiary/aromatic N) is 1. The van der Waals surface area contributed by atoms with E-state index in [1.54, 1.807) is 11.0 Å². The Balaban J connectivity index is 1.43. The molecule has 144 valence electrons. The summed E-state index contributed by atoms with van der Waals surface area (Å²) in [5.74, 6) is -0.861. The molecular weight excluding hydrogens is 351 g/mol. The number of benzene rings is 1. The summed E-state index contributed by atoms with van der Waals surface area (Å²) in [4.78, 5) is 37.8. The van der Waals surface area contributed by atoms with Crippen molar-refractivity contribution in [2.24, 2.45) is 0 Å². The average molecular weight is 374 g/mol. The summed E-state index contributed by atoms with van der Waals surface area (Å²) in [6, 6.07) is 5.10. The summed E-state index contributed by atoms with van der Waals surface area (Å²) in [6.45, 7) is 2.01. The predicted octanol–water partition coefficient (Wildman–Crippen LogP) is 0.237. The Morgan fingerprint density at radius 2 is 2.11 bits per heavy atom. The number of halogens is 1. The molecule has 8 heteroatoms. The van der Waals surface area contributed by atoms with E-state index in [1.807, 2.05) is 12.1 Å². The number of carbonyl (C=O) groups is 3. The van der Waals surface area contributed by atoms with Crippen molar-refractivity contribution in [2.75, 3.05) is 13.1 Å². The van der Waals surface area contributed by atoms with Gasteiger partial charge in [0.25, 0.3) is 5.91 Å². The lowest BCUT2D eigenvalue weighted by atomic mass is 10.0. The van der Waals surface area contributed by atoms with E-state index >= 15 is 0 Å².